The van der Waals surface area contributed by atoms with Gasteiger partial charge in [0.2, 0.25) is 10.0 Å². The molecule has 0 aliphatic carbocycles. The number of carbonyl (C=O) groups excluding carboxylic acids is 1. The Morgan fingerprint density at radius 3 is 2.54 bits per heavy atom. The van der Waals surface area contributed by atoms with E-state index in [0.717, 1.165) is 36.8 Å². The van der Waals surface area contributed by atoms with Gasteiger partial charge in [-0.25, -0.2) is 13.1 Å². The summed E-state index contributed by atoms with van der Waals surface area (Å²) < 4.78 is 24.7. The van der Waals surface area contributed by atoms with Crippen LogP contribution in [0, 0.1) is 0 Å². The molecule has 7 heteroatoms. The van der Waals surface area contributed by atoms with Crippen LogP contribution in [0.3, 0.4) is 0 Å². The minimum atomic E-state index is -3.17. The number of carbonyl (C=O) groups is 1. The molecule has 3 rings (SSSR count). The van der Waals surface area contributed by atoms with Gasteiger partial charge >= 0.3 is 0 Å². The average molecular weight is 373 g/mol. The van der Waals surface area contributed by atoms with E-state index in [0.29, 0.717) is 18.5 Å². The van der Waals surface area contributed by atoms with E-state index in [9.17, 15) is 13.2 Å². The smallest absolute Gasteiger partial charge is 0.254 e. The molecule has 0 bridgehead atoms. The Morgan fingerprint density at radius 1 is 1.19 bits per heavy atom. The average Bonchev–Trinajstić information content (AvgIpc) is 3.11. The van der Waals surface area contributed by atoms with Crippen LogP contribution >= 0.6 is 0 Å². The van der Waals surface area contributed by atoms with Gasteiger partial charge in [-0.05, 0) is 54.7 Å². The number of likely N-dealkylation sites (tertiary alicyclic amines) is 1. The molecular formula is C19H23N3O3S. The standard InChI is InChI=1S/C19H23N3O3S/c1-26(24,25)21-13-8-15-4-6-17(7-5-15)19(23)22-14-2-3-18(22)16-9-11-20-12-10-16/h4-7,9-12,18,21H,2-3,8,13-14H2,1H3. The molecule has 0 saturated carbocycles. The third-order valence-electron chi connectivity index (χ3n) is 4.58. The molecule has 1 N–H and O–H groups in total. The first kappa shape index (κ1) is 18.5. The topological polar surface area (TPSA) is 79.4 Å². The molecule has 1 amide bonds. The summed E-state index contributed by atoms with van der Waals surface area (Å²) >= 11 is 0. The molecule has 0 radical (unpaired) electrons. The van der Waals surface area contributed by atoms with Gasteiger partial charge in [0.15, 0.2) is 0 Å². The zero-order valence-corrected chi connectivity index (χ0v) is 15.6. The number of aromatic nitrogens is 1. The van der Waals surface area contributed by atoms with Crippen molar-refractivity contribution in [1.29, 1.82) is 0 Å². The predicted octanol–water partition coefficient (Wildman–Crippen LogP) is 2.15. The lowest BCUT2D eigenvalue weighted by Gasteiger charge is -2.25. The number of hydrogen-bond acceptors (Lipinski definition) is 4. The Hall–Kier alpha value is -2.25. The molecule has 1 aromatic carbocycles. The second kappa shape index (κ2) is 7.97. The SMILES string of the molecule is CS(=O)(=O)NCCc1ccc(C(=O)N2CCCC2c2ccncc2)cc1. The lowest BCUT2D eigenvalue weighted by Crippen LogP contribution is -2.30. The zero-order chi connectivity index (χ0) is 18.6. The van der Waals surface area contributed by atoms with Crippen LogP contribution in [0.1, 0.15) is 40.4 Å². The number of nitrogens with zero attached hydrogens (tertiary/aromatic N) is 2. The lowest BCUT2D eigenvalue weighted by atomic mass is 10.0. The van der Waals surface area contributed by atoms with Gasteiger partial charge in [0.05, 0.1) is 12.3 Å². The summed E-state index contributed by atoms with van der Waals surface area (Å²) in [5.41, 5.74) is 2.77. The van der Waals surface area contributed by atoms with Crippen molar-refractivity contribution < 1.29 is 13.2 Å². The largest absolute Gasteiger partial charge is 0.332 e. The van der Waals surface area contributed by atoms with Crippen LogP contribution in [-0.2, 0) is 16.4 Å². The fraction of sp³-hybridized carbons (Fsp3) is 0.368. The third kappa shape index (κ3) is 4.68. The first-order valence-corrected chi connectivity index (χ1v) is 10.6. The Labute approximate surface area is 154 Å². The van der Waals surface area contributed by atoms with Crippen LogP contribution in [0.25, 0.3) is 0 Å². The first-order chi connectivity index (χ1) is 12.4. The second-order valence-corrected chi connectivity index (χ2v) is 8.38. The number of benzene rings is 1. The van der Waals surface area contributed by atoms with Crippen molar-refractivity contribution >= 4 is 15.9 Å². The summed E-state index contributed by atoms with van der Waals surface area (Å²) in [6.07, 6.45) is 7.21. The highest BCUT2D eigenvalue weighted by Crippen LogP contribution is 2.32. The van der Waals surface area contributed by atoms with E-state index in [-0.39, 0.29) is 11.9 Å². The van der Waals surface area contributed by atoms with Gasteiger partial charge in [0, 0.05) is 31.0 Å². The van der Waals surface area contributed by atoms with Crippen molar-refractivity contribution in [2.45, 2.75) is 25.3 Å². The summed E-state index contributed by atoms with van der Waals surface area (Å²) in [5, 5.41) is 0. The van der Waals surface area contributed by atoms with E-state index in [2.05, 4.69) is 9.71 Å². The summed E-state index contributed by atoms with van der Waals surface area (Å²) in [6, 6.07) is 11.4. The third-order valence-corrected chi connectivity index (χ3v) is 5.31. The first-order valence-electron chi connectivity index (χ1n) is 8.68. The monoisotopic (exact) mass is 373 g/mol. The van der Waals surface area contributed by atoms with Crippen LogP contribution in [0.5, 0.6) is 0 Å². The zero-order valence-electron chi connectivity index (χ0n) is 14.8. The summed E-state index contributed by atoms with van der Waals surface area (Å²) in [4.78, 5) is 18.9. The van der Waals surface area contributed by atoms with E-state index in [1.54, 1.807) is 12.4 Å². The van der Waals surface area contributed by atoms with Gasteiger partial charge in [-0.3, -0.25) is 9.78 Å². The van der Waals surface area contributed by atoms with E-state index in [1.165, 1.54) is 0 Å². The minimum Gasteiger partial charge on any atom is -0.332 e. The Kier molecular flexibility index (Phi) is 5.68. The number of pyridine rings is 1. The highest BCUT2D eigenvalue weighted by Gasteiger charge is 2.30. The number of amides is 1. The highest BCUT2D eigenvalue weighted by molar-refractivity contribution is 7.88. The van der Waals surface area contributed by atoms with Crippen molar-refractivity contribution in [2.75, 3.05) is 19.3 Å². The van der Waals surface area contributed by atoms with Crippen molar-refractivity contribution in [3.63, 3.8) is 0 Å². The van der Waals surface area contributed by atoms with Gasteiger partial charge < -0.3 is 4.90 Å². The molecule has 0 spiro atoms. The molecular weight excluding hydrogens is 350 g/mol. The molecule has 1 unspecified atom stereocenters. The van der Waals surface area contributed by atoms with E-state index in [1.807, 2.05) is 41.3 Å². The molecule has 6 nitrogen and oxygen atoms in total. The van der Waals surface area contributed by atoms with Crippen molar-refractivity contribution in [2.24, 2.45) is 0 Å². The van der Waals surface area contributed by atoms with Crippen molar-refractivity contribution in [1.82, 2.24) is 14.6 Å². The molecule has 1 saturated heterocycles. The summed E-state index contributed by atoms with van der Waals surface area (Å²) in [5.74, 6) is 0.0325. The van der Waals surface area contributed by atoms with Gasteiger partial charge in [-0.15, -0.1) is 0 Å². The summed E-state index contributed by atoms with van der Waals surface area (Å²) in [7, 11) is -3.17. The normalized spacial score (nSPS) is 17.4. The molecule has 26 heavy (non-hydrogen) atoms. The molecule has 1 fully saturated rings. The Morgan fingerprint density at radius 2 is 1.88 bits per heavy atom. The van der Waals surface area contributed by atoms with Crippen LogP contribution in [0.2, 0.25) is 0 Å². The van der Waals surface area contributed by atoms with Crippen LogP contribution in [0.4, 0.5) is 0 Å². The number of hydrogen-bond donors (Lipinski definition) is 1. The van der Waals surface area contributed by atoms with Crippen molar-refractivity contribution in [3.05, 3.63) is 65.5 Å². The highest BCUT2D eigenvalue weighted by atomic mass is 32.2. The number of nitrogens with one attached hydrogen (secondary N) is 1. The lowest BCUT2D eigenvalue weighted by molar-refractivity contribution is 0.0735. The van der Waals surface area contributed by atoms with Crippen LogP contribution < -0.4 is 4.72 Å². The van der Waals surface area contributed by atoms with Gasteiger partial charge in [-0.1, -0.05) is 12.1 Å². The molecule has 2 heterocycles. The quantitative estimate of drug-likeness (QED) is 0.841. The molecule has 1 aromatic heterocycles. The molecule has 1 aliphatic heterocycles. The molecule has 2 aromatic rings. The maximum absolute atomic E-state index is 12.9. The van der Waals surface area contributed by atoms with Crippen molar-refractivity contribution in [3.8, 4) is 0 Å². The van der Waals surface area contributed by atoms with Gasteiger partial charge in [0.25, 0.3) is 5.91 Å². The maximum Gasteiger partial charge on any atom is 0.254 e. The minimum absolute atomic E-state index is 0.0325. The Bertz CT molecular complexity index is 851. The van der Waals surface area contributed by atoms with Crippen LogP contribution in [0.15, 0.2) is 48.8 Å². The molecule has 1 atom stereocenters. The maximum atomic E-state index is 12.9. The van der Waals surface area contributed by atoms with Gasteiger partial charge in [0.1, 0.15) is 0 Å². The van der Waals surface area contributed by atoms with Crippen LogP contribution in [-0.4, -0.2) is 43.6 Å². The fourth-order valence-corrected chi connectivity index (χ4v) is 3.78. The Balaban J connectivity index is 1.66. The van der Waals surface area contributed by atoms with Gasteiger partial charge in [-0.2, -0.15) is 0 Å². The fourth-order valence-electron chi connectivity index (χ4n) is 3.30. The predicted molar refractivity (Wildman–Crippen MR) is 100 cm³/mol. The van der Waals surface area contributed by atoms with E-state index in [4.69, 9.17) is 0 Å². The van der Waals surface area contributed by atoms with E-state index < -0.39 is 10.0 Å². The second-order valence-electron chi connectivity index (χ2n) is 6.55. The van der Waals surface area contributed by atoms with E-state index >= 15 is 0 Å². The number of rotatable bonds is 6. The molecule has 138 valence electrons. The number of sulfonamides is 1. The summed E-state index contributed by atoms with van der Waals surface area (Å²) in [6.45, 7) is 1.11. The molecule has 1 aliphatic rings.